The Kier molecular flexibility index (Phi) is 4.80. The van der Waals surface area contributed by atoms with Crippen molar-refractivity contribution >= 4 is 0 Å². The van der Waals surface area contributed by atoms with Gasteiger partial charge in [0.2, 0.25) is 5.79 Å². The molecule has 5 N–H and O–H groups in total. The molecule has 112 valence electrons. The fourth-order valence-electron chi connectivity index (χ4n) is 2.10. The minimum Gasteiger partial charge on any atom is -0.508 e. The van der Waals surface area contributed by atoms with Gasteiger partial charge in [-0.15, -0.1) is 0 Å². The average molecular weight is 289 g/mol. The molecule has 0 amide bonds. The summed E-state index contributed by atoms with van der Waals surface area (Å²) in [6.45, 7) is 0.339. The molecule has 5 heteroatoms. The van der Waals surface area contributed by atoms with E-state index in [4.69, 9.17) is 0 Å². The topological polar surface area (TPSA) is 93.0 Å². The van der Waals surface area contributed by atoms with Crippen LogP contribution in [0.4, 0.5) is 0 Å². The van der Waals surface area contributed by atoms with Crippen molar-refractivity contribution in [2.24, 2.45) is 0 Å². The van der Waals surface area contributed by atoms with Gasteiger partial charge in [0.05, 0.1) is 6.54 Å². The van der Waals surface area contributed by atoms with Crippen molar-refractivity contribution in [2.75, 3.05) is 13.1 Å². The predicted octanol–water partition coefficient (Wildman–Crippen LogP) is 1.07. The van der Waals surface area contributed by atoms with E-state index in [0.717, 1.165) is 0 Å². The van der Waals surface area contributed by atoms with Crippen molar-refractivity contribution in [1.82, 2.24) is 5.32 Å². The lowest BCUT2D eigenvalue weighted by Crippen LogP contribution is -2.38. The van der Waals surface area contributed by atoms with Crippen molar-refractivity contribution in [2.45, 2.75) is 12.2 Å². The summed E-state index contributed by atoms with van der Waals surface area (Å²) in [5, 5.41) is 42.2. The zero-order valence-electron chi connectivity index (χ0n) is 11.5. The van der Waals surface area contributed by atoms with Gasteiger partial charge >= 0.3 is 0 Å². The van der Waals surface area contributed by atoms with E-state index in [0.29, 0.717) is 24.1 Å². The van der Waals surface area contributed by atoms with Gasteiger partial charge < -0.3 is 25.7 Å². The first-order chi connectivity index (χ1) is 10.0. The van der Waals surface area contributed by atoms with Crippen LogP contribution in [0.15, 0.2) is 48.5 Å². The van der Waals surface area contributed by atoms with Gasteiger partial charge in [0, 0.05) is 11.1 Å². The van der Waals surface area contributed by atoms with Gasteiger partial charge in [-0.2, -0.15) is 0 Å². The highest BCUT2D eigenvalue weighted by atomic mass is 16.5. The SMILES string of the molecule is Oc1cccc(O)c1CCNCC(O)(O)c1ccccc1. The minimum atomic E-state index is -1.96. The zero-order valence-corrected chi connectivity index (χ0v) is 11.5. The Morgan fingerprint density at radius 3 is 2.10 bits per heavy atom. The van der Waals surface area contributed by atoms with Crippen molar-refractivity contribution in [3.05, 3.63) is 59.7 Å². The third-order valence-electron chi connectivity index (χ3n) is 3.29. The van der Waals surface area contributed by atoms with Crippen LogP contribution in [0.1, 0.15) is 11.1 Å². The van der Waals surface area contributed by atoms with Crippen LogP contribution in [0.5, 0.6) is 11.5 Å². The van der Waals surface area contributed by atoms with Crippen molar-refractivity contribution in [1.29, 1.82) is 0 Å². The first-order valence-electron chi connectivity index (χ1n) is 6.71. The predicted molar refractivity (Wildman–Crippen MR) is 78.9 cm³/mol. The van der Waals surface area contributed by atoms with Crippen molar-refractivity contribution < 1.29 is 20.4 Å². The zero-order chi connectivity index (χ0) is 15.3. The third kappa shape index (κ3) is 3.95. The molecular formula is C16H19NO4. The summed E-state index contributed by atoms with van der Waals surface area (Å²) in [4.78, 5) is 0. The molecule has 0 aromatic heterocycles. The fourth-order valence-corrected chi connectivity index (χ4v) is 2.10. The van der Waals surface area contributed by atoms with Gasteiger partial charge in [-0.05, 0) is 25.1 Å². The maximum absolute atomic E-state index is 9.99. The smallest absolute Gasteiger partial charge is 0.202 e. The number of phenols is 2. The van der Waals surface area contributed by atoms with E-state index in [1.54, 1.807) is 36.4 Å². The summed E-state index contributed by atoms with van der Waals surface area (Å²) in [5.74, 6) is -1.90. The van der Waals surface area contributed by atoms with E-state index in [1.807, 2.05) is 0 Å². The Morgan fingerprint density at radius 2 is 1.48 bits per heavy atom. The molecule has 5 nitrogen and oxygen atoms in total. The fraction of sp³-hybridized carbons (Fsp3) is 0.250. The Morgan fingerprint density at radius 1 is 0.857 bits per heavy atom. The largest absolute Gasteiger partial charge is 0.508 e. The van der Waals surface area contributed by atoms with Gasteiger partial charge in [-0.25, -0.2) is 0 Å². The summed E-state index contributed by atoms with van der Waals surface area (Å²) in [6, 6.07) is 13.1. The standard InChI is InChI=1S/C16H19NO4/c18-14-7-4-8-15(19)13(14)9-10-17-11-16(20,21)12-5-2-1-3-6-12/h1-8,17-21H,9-11H2. The second-order valence-corrected chi connectivity index (χ2v) is 4.88. The lowest BCUT2D eigenvalue weighted by molar-refractivity contribution is -0.165. The normalized spacial score (nSPS) is 11.5. The number of hydrogen-bond donors (Lipinski definition) is 5. The summed E-state index contributed by atoms with van der Waals surface area (Å²) in [5.41, 5.74) is 0.842. The summed E-state index contributed by atoms with van der Waals surface area (Å²) in [6.07, 6.45) is 0.378. The second kappa shape index (κ2) is 6.58. The van der Waals surface area contributed by atoms with Crippen LogP contribution in [-0.4, -0.2) is 33.5 Å². The lowest BCUT2D eigenvalue weighted by Gasteiger charge is -2.22. The molecule has 0 aliphatic carbocycles. The van der Waals surface area contributed by atoms with Crippen LogP contribution in [0.2, 0.25) is 0 Å². The van der Waals surface area contributed by atoms with E-state index in [-0.39, 0.29) is 18.0 Å². The number of phenolic OH excluding ortho intramolecular Hbond substituents is 2. The van der Waals surface area contributed by atoms with Crippen LogP contribution in [0.25, 0.3) is 0 Å². The average Bonchev–Trinajstić information content (AvgIpc) is 2.47. The summed E-state index contributed by atoms with van der Waals surface area (Å²) >= 11 is 0. The lowest BCUT2D eigenvalue weighted by atomic mass is 10.1. The monoisotopic (exact) mass is 289 g/mol. The summed E-state index contributed by atoms with van der Waals surface area (Å²) < 4.78 is 0. The minimum absolute atomic E-state index is 0.0270. The van der Waals surface area contributed by atoms with E-state index >= 15 is 0 Å². The maximum Gasteiger partial charge on any atom is 0.202 e. The highest BCUT2D eigenvalue weighted by molar-refractivity contribution is 5.43. The van der Waals surface area contributed by atoms with Gasteiger partial charge in [0.15, 0.2) is 0 Å². The molecule has 0 saturated heterocycles. The van der Waals surface area contributed by atoms with E-state index in [9.17, 15) is 20.4 Å². The van der Waals surface area contributed by atoms with E-state index in [2.05, 4.69) is 5.32 Å². The molecular weight excluding hydrogens is 270 g/mol. The Bertz CT molecular complexity index is 564. The molecule has 0 aliphatic rings. The van der Waals surface area contributed by atoms with Crippen LogP contribution in [0.3, 0.4) is 0 Å². The van der Waals surface area contributed by atoms with Crippen LogP contribution in [0, 0.1) is 0 Å². The first kappa shape index (κ1) is 15.3. The number of benzene rings is 2. The third-order valence-corrected chi connectivity index (χ3v) is 3.29. The van der Waals surface area contributed by atoms with Crippen molar-refractivity contribution in [3.8, 4) is 11.5 Å². The number of aliphatic hydroxyl groups is 2. The number of hydrogen-bond acceptors (Lipinski definition) is 5. The molecule has 2 aromatic rings. The molecule has 0 spiro atoms. The van der Waals surface area contributed by atoms with Gasteiger partial charge in [-0.3, -0.25) is 0 Å². The van der Waals surface area contributed by atoms with E-state index < -0.39 is 5.79 Å². The van der Waals surface area contributed by atoms with Crippen LogP contribution in [-0.2, 0) is 12.2 Å². The Balaban J connectivity index is 1.87. The number of nitrogens with one attached hydrogen (secondary N) is 1. The van der Waals surface area contributed by atoms with Crippen molar-refractivity contribution in [3.63, 3.8) is 0 Å². The molecule has 0 unspecified atom stereocenters. The molecule has 2 aromatic carbocycles. The molecule has 0 atom stereocenters. The van der Waals surface area contributed by atoms with Crippen LogP contribution >= 0.6 is 0 Å². The highest BCUT2D eigenvalue weighted by Gasteiger charge is 2.24. The summed E-state index contributed by atoms with van der Waals surface area (Å²) in [7, 11) is 0. The first-order valence-corrected chi connectivity index (χ1v) is 6.71. The van der Waals surface area contributed by atoms with Crippen LogP contribution < -0.4 is 5.32 Å². The molecule has 0 bridgehead atoms. The Hall–Kier alpha value is -2.08. The van der Waals surface area contributed by atoms with Gasteiger partial charge in [-0.1, -0.05) is 36.4 Å². The molecule has 21 heavy (non-hydrogen) atoms. The molecule has 0 radical (unpaired) electrons. The highest BCUT2D eigenvalue weighted by Crippen LogP contribution is 2.26. The number of rotatable bonds is 6. The van der Waals surface area contributed by atoms with Gasteiger partial charge in [0.25, 0.3) is 0 Å². The van der Waals surface area contributed by atoms with Gasteiger partial charge in [0.1, 0.15) is 11.5 Å². The molecule has 0 fully saturated rings. The quantitative estimate of drug-likeness (QED) is 0.405. The molecule has 0 aliphatic heterocycles. The molecule has 2 rings (SSSR count). The number of aromatic hydroxyl groups is 2. The molecule has 0 heterocycles. The van der Waals surface area contributed by atoms with E-state index in [1.165, 1.54) is 12.1 Å². The maximum atomic E-state index is 9.99. The second-order valence-electron chi connectivity index (χ2n) is 4.88. The molecule has 0 saturated carbocycles. The Labute approximate surface area is 123 Å².